The van der Waals surface area contributed by atoms with E-state index in [1.54, 1.807) is 25.3 Å². The number of nitrogens with one attached hydrogen (secondary N) is 2. The molecule has 1 aliphatic heterocycles. The van der Waals surface area contributed by atoms with Crippen molar-refractivity contribution in [1.29, 1.82) is 0 Å². The van der Waals surface area contributed by atoms with Crippen LogP contribution in [-0.2, 0) is 4.84 Å². The van der Waals surface area contributed by atoms with Crippen LogP contribution in [0.4, 0.5) is 16.2 Å². The van der Waals surface area contributed by atoms with Gasteiger partial charge in [-0.1, -0.05) is 6.92 Å². The minimum atomic E-state index is -0.976. The first-order valence-corrected chi connectivity index (χ1v) is 11.6. The van der Waals surface area contributed by atoms with E-state index in [0.717, 1.165) is 32.1 Å². The fraction of sp³-hybridized carbons (Fsp3) is 0.565. The van der Waals surface area contributed by atoms with Gasteiger partial charge in [-0.3, -0.25) is 14.6 Å². The second-order valence-corrected chi connectivity index (χ2v) is 8.52. The second-order valence-electron chi connectivity index (χ2n) is 8.52. The van der Waals surface area contributed by atoms with Gasteiger partial charge in [0.2, 0.25) is 5.95 Å². The number of carbonyl (C=O) groups is 1. The average Bonchev–Trinajstić information content (AvgIpc) is 3.39. The Labute approximate surface area is 192 Å². The third-order valence-electron chi connectivity index (χ3n) is 6.02. The number of hydroxylamine groups is 2. The van der Waals surface area contributed by atoms with Gasteiger partial charge in [0.15, 0.2) is 0 Å². The predicted octanol–water partition coefficient (Wildman–Crippen LogP) is 3.19. The molecule has 2 aromatic rings. The molecule has 4 rings (SSSR count). The molecule has 3 heterocycles. The standard InChI is InChI=1S/C23H31FN6O3/c1-2-16(24)13-26-23-27-14-19(21(29-23)28-17-5-7-18(31)8-6-17)20-9-4-15(12-25-20)22(32)30-10-3-11-33-30/h4,9,12,14,16-18,31H,2-3,5-8,10-11,13H2,1H3,(H2,26,27,28,29)/t16-,17-,18-/m0/s1. The number of hydrogen-bond acceptors (Lipinski definition) is 8. The number of aliphatic hydroxyl groups is 1. The van der Waals surface area contributed by atoms with E-state index in [-0.39, 0.29) is 24.6 Å². The van der Waals surface area contributed by atoms with Crippen molar-refractivity contribution >= 4 is 17.7 Å². The average molecular weight is 459 g/mol. The molecule has 2 aromatic heterocycles. The Kier molecular flexibility index (Phi) is 7.66. The number of aliphatic hydroxyl groups excluding tert-OH is 1. The van der Waals surface area contributed by atoms with E-state index >= 15 is 0 Å². The summed E-state index contributed by atoms with van der Waals surface area (Å²) >= 11 is 0. The van der Waals surface area contributed by atoms with Gasteiger partial charge in [0.1, 0.15) is 12.0 Å². The number of carbonyl (C=O) groups excluding carboxylic acids is 1. The van der Waals surface area contributed by atoms with Crippen molar-refractivity contribution in [3.05, 3.63) is 30.1 Å². The highest BCUT2D eigenvalue weighted by Crippen LogP contribution is 2.29. The summed E-state index contributed by atoms with van der Waals surface area (Å²) in [5.41, 5.74) is 1.76. The molecule has 0 aromatic carbocycles. The number of amides is 1. The molecule has 3 N–H and O–H groups in total. The lowest BCUT2D eigenvalue weighted by Crippen LogP contribution is -2.29. The fourth-order valence-corrected chi connectivity index (χ4v) is 3.96. The molecule has 33 heavy (non-hydrogen) atoms. The topological polar surface area (TPSA) is 113 Å². The van der Waals surface area contributed by atoms with E-state index in [4.69, 9.17) is 4.84 Å². The Hall–Kier alpha value is -2.85. The molecule has 9 nitrogen and oxygen atoms in total. The lowest BCUT2D eigenvalue weighted by atomic mass is 9.93. The molecule has 1 saturated carbocycles. The third-order valence-corrected chi connectivity index (χ3v) is 6.02. The van der Waals surface area contributed by atoms with Crippen molar-refractivity contribution < 1.29 is 19.1 Å². The van der Waals surface area contributed by atoms with Gasteiger partial charge >= 0.3 is 0 Å². The molecular formula is C23H31FN6O3. The van der Waals surface area contributed by atoms with E-state index in [1.165, 1.54) is 11.3 Å². The molecule has 178 valence electrons. The Bertz CT molecular complexity index is 930. The normalized spacial score (nSPS) is 21.6. The predicted molar refractivity (Wildman–Crippen MR) is 122 cm³/mol. The molecule has 1 atom stereocenters. The first-order chi connectivity index (χ1) is 16.0. The molecule has 0 bridgehead atoms. The zero-order chi connectivity index (χ0) is 23.2. The number of anilines is 2. The SMILES string of the molecule is CC[C@H](F)CNc1ncc(-c2ccc(C(=O)N3CCCO3)cn2)c(N[C@H]2CC[C@H](O)CC2)n1. The van der Waals surface area contributed by atoms with Gasteiger partial charge in [-0.05, 0) is 50.7 Å². The molecule has 2 fully saturated rings. The summed E-state index contributed by atoms with van der Waals surface area (Å²) in [6, 6.07) is 3.64. The summed E-state index contributed by atoms with van der Waals surface area (Å²) in [5.74, 6) is 0.722. The van der Waals surface area contributed by atoms with Crippen LogP contribution in [-0.4, -0.2) is 69.0 Å². The molecule has 0 radical (unpaired) electrons. The van der Waals surface area contributed by atoms with Gasteiger partial charge in [0.25, 0.3) is 5.91 Å². The van der Waals surface area contributed by atoms with Gasteiger partial charge in [-0.15, -0.1) is 0 Å². The van der Waals surface area contributed by atoms with Gasteiger partial charge in [0, 0.05) is 25.0 Å². The van der Waals surface area contributed by atoms with Crippen molar-refractivity contribution in [2.45, 2.75) is 63.8 Å². The number of hydrogen-bond donors (Lipinski definition) is 3. The second kappa shape index (κ2) is 10.8. The Morgan fingerprint density at radius 1 is 1.27 bits per heavy atom. The number of nitrogens with zero attached hydrogens (tertiary/aromatic N) is 4. The molecular weight excluding hydrogens is 427 g/mol. The van der Waals surface area contributed by atoms with E-state index in [9.17, 15) is 14.3 Å². The molecule has 0 spiro atoms. The van der Waals surface area contributed by atoms with Gasteiger partial charge in [-0.25, -0.2) is 14.4 Å². The highest BCUT2D eigenvalue weighted by Gasteiger charge is 2.23. The van der Waals surface area contributed by atoms with Gasteiger partial charge < -0.3 is 15.7 Å². The zero-order valence-electron chi connectivity index (χ0n) is 18.8. The zero-order valence-corrected chi connectivity index (χ0v) is 18.8. The smallest absolute Gasteiger partial charge is 0.278 e. The summed E-state index contributed by atoms with van der Waals surface area (Å²) in [6.45, 7) is 3.05. The van der Waals surface area contributed by atoms with Gasteiger partial charge in [-0.2, -0.15) is 4.98 Å². The summed E-state index contributed by atoms with van der Waals surface area (Å²) < 4.78 is 13.7. The summed E-state index contributed by atoms with van der Waals surface area (Å²) in [6.07, 6.45) is 6.31. The molecule has 1 aliphatic carbocycles. The number of rotatable bonds is 8. The van der Waals surface area contributed by atoms with E-state index < -0.39 is 6.17 Å². The van der Waals surface area contributed by atoms with Crippen molar-refractivity contribution in [3.8, 4) is 11.3 Å². The molecule has 1 amide bonds. The van der Waals surface area contributed by atoms with Crippen molar-refractivity contribution in [1.82, 2.24) is 20.0 Å². The lowest BCUT2D eigenvalue weighted by Gasteiger charge is -2.27. The molecule has 2 aliphatic rings. The van der Waals surface area contributed by atoms with Crippen LogP contribution in [0.25, 0.3) is 11.3 Å². The number of pyridine rings is 1. The first kappa shape index (κ1) is 23.3. The minimum Gasteiger partial charge on any atom is -0.393 e. The fourth-order valence-electron chi connectivity index (χ4n) is 3.96. The number of alkyl halides is 1. The van der Waals surface area contributed by atoms with Crippen molar-refractivity contribution in [2.24, 2.45) is 0 Å². The first-order valence-electron chi connectivity index (χ1n) is 11.6. The summed E-state index contributed by atoms with van der Waals surface area (Å²) in [5, 5.41) is 17.6. The molecule has 1 saturated heterocycles. The monoisotopic (exact) mass is 458 g/mol. The van der Waals surface area contributed by atoms with Crippen LogP contribution in [0.1, 0.15) is 55.8 Å². The van der Waals surface area contributed by atoms with E-state index in [0.29, 0.717) is 48.2 Å². The van der Waals surface area contributed by atoms with Crippen molar-refractivity contribution in [2.75, 3.05) is 30.3 Å². The maximum absolute atomic E-state index is 13.7. The molecule has 0 unspecified atom stereocenters. The quantitative estimate of drug-likeness (QED) is 0.553. The minimum absolute atomic E-state index is 0.137. The largest absolute Gasteiger partial charge is 0.393 e. The third kappa shape index (κ3) is 5.94. The summed E-state index contributed by atoms with van der Waals surface area (Å²) in [4.78, 5) is 31.3. The highest BCUT2D eigenvalue weighted by atomic mass is 19.1. The maximum Gasteiger partial charge on any atom is 0.278 e. The summed E-state index contributed by atoms with van der Waals surface area (Å²) in [7, 11) is 0. The van der Waals surface area contributed by atoms with Crippen LogP contribution in [0.2, 0.25) is 0 Å². The maximum atomic E-state index is 13.7. The van der Waals surface area contributed by atoms with E-state index in [2.05, 4.69) is 25.6 Å². The van der Waals surface area contributed by atoms with Gasteiger partial charge in [0.05, 0.1) is 36.1 Å². The van der Waals surface area contributed by atoms with Crippen LogP contribution >= 0.6 is 0 Å². The Morgan fingerprint density at radius 3 is 2.76 bits per heavy atom. The highest BCUT2D eigenvalue weighted by molar-refractivity contribution is 5.93. The van der Waals surface area contributed by atoms with Crippen molar-refractivity contribution in [3.63, 3.8) is 0 Å². The van der Waals surface area contributed by atoms with Crippen LogP contribution in [0, 0.1) is 0 Å². The number of halogens is 1. The Balaban J connectivity index is 1.55. The van der Waals surface area contributed by atoms with Crippen LogP contribution < -0.4 is 10.6 Å². The molecule has 10 heteroatoms. The number of aromatic nitrogens is 3. The van der Waals surface area contributed by atoms with E-state index in [1.807, 2.05) is 0 Å². The Morgan fingerprint density at radius 2 is 2.09 bits per heavy atom. The van der Waals surface area contributed by atoms with Crippen LogP contribution in [0.15, 0.2) is 24.5 Å². The van der Waals surface area contributed by atoms with Crippen LogP contribution in [0.5, 0.6) is 0 Å². The lowest BCUT2D eigenvalue weighted by molar-refractivity contribution is -0.0768. The van der Waals surface area contributed by atoms with Crippen LogP contribution in [0.3, 0.4) is 0 Å².